The lowest BCUT2D eigenvalue weighted by atomic mass is 9.69. The molecule has 0 saturated carbocycles. The second kappa shape index (κ2) is 14.5. The minimum Gasteiger partial charge on any atom is -0.508 e. The van der Waals surface area contributed by atoms with E-state index in [4.69, 9.17) is 0 Å². The molecule has 5 aliphatic heterocycles. The summed E-state index contributed by atoms with van der Waals surface area (Å²) in [4.78, 5) is 59.5. The third-order valence-corrected chi connectivity index (χ3v) is 13.7. The molecule has 292 valence electrons. The highest BCUT2D eigenvalue weighted by Gasteiger charge is 2.42. The maximum atomic E-state index is 13.5. The maximum Gasteiger partial charge on any atom is 0.255 e. The van der Waals surface area contributed by atoms with Crippen LogP contribution in [0.2, 0.25) is 0 Å². The second-order valence-corrected chi connectivity index (χ2v) is 17.3. The minimum absolute atomic E-state index is 0.0150. The fourth-order valence-electron chi connectivity index (χ4n) is 10.8. The Kier molecular flexibility index (Phi) is 9.12. The average Bonchev–Trinajstić information content (AvgIpc) is 3.69. The van der Waals surface area contributed by atoms with Gasteiger partial charge in [-0.05, 0) is 108 Å². The van der Waals surface area contributed by atoms with Crippen molar-refractivity contribution in [2.45, 2.75) is 69.5 Å². The molecule has 10 heteroatoms. The van der Waals surface area contributed by atoms with Gasteiger partial charge in [0.05, 0.1) is 0 Å². The molecule has 10 nitrogen and oxygen atoms in total. The normalized spacial score (nSPS) is 24.0. The van der Waals surface area contributed by atoms with Gasteiger partial charge in [-0.3, -0.25) is 24.5 Å². The van der Waals surface area contributed by atoms with E-state index >= 15 is 0 Å². The molecule has 1 unspecified atom stereocenters. The van der Waals surface area contributed by atoms with E-state index in [9.17, 15) is 24.3 Å². The zero-order chi connectivity index (χ0) is 38.8. The monoisotopic (exact) mass is 763 g/mol. The van der Waals surface area contributed by atoms with Crippen LogP contribution in [0.25, 0.3) is 0 Å². The first-order valence-electron chi connectivity index (χ1n) is 20.8. The van der Waals surface area contributed by atoms with Gasteiger partial charge in [-0.25, -0.2) is 0 Å². The lowest BCUT2D eigenvalue weighted by Gasteiger charge is -2.44. The van der Waals surface area contributed by atoms with E-state index < -0.39 is 11.9 Å². The number of amides is 4. The number of phenolic OH excluding ortho intramolecular Hbond substituents is 1. The molecule has 4 aromatic rings. The molecule has 0 bridgehead atoms. The zero-order valence-electron chi connectivity index (χ0n) is 32.2. The number of piperidine rings is 2. The Morgan fingerprint density at radius 2 is 1.42 bits per heavy atom. The summed E-state index contributed by atoms with van der Waals surface area (Å²) in [5, 5.41) is 12.6. The van der Waals surface area contributed by atoms with Crippen LogP contribution in [0.3, 0.4) is 0 Å². The Labute approximate surface area is 333 Å². The van der Waals surface area contributed by atoms with Gasteiger partial charge in [-0.15, -0.1) is 0 Å². The molecule has 0 aromatic heterocycles. The number of phenols is 1. The third kappa shape index (κ3) is 6.67. The molecule has 3 saturated heterocycles. The van der Waals surface area contributed by atoms with Crippen molar-refractivity contribution in [3.63, 3.8) is 0 Å². The van der Waals surface area contributed by atoms with Crippen LogP contribution in [-0.4, -0.2) is 88.7 Å². The first kappa shape index (κ1) is 35.9. The van der Waals surface area contributed by atoms with Crippen molar-refractivity contribution < 1.29 is 24.3 Å². The Morgan fingerprint density at radius 1 is 0.667 bits per heavy atom. The number of nitrogens with one attached hydrogen (secondary N) is 1. The van der Waals surface area contributed by atoms with E-state index in [2.05, 4.69) is 75.8 Å². The summed E-state index contributed by atoms with van der Waals surface area (Å²) >= 11 is 0. The number of benzene rings is 4. The summed E-state index contributed by atoms with van der Waals surface area (Å²) in [6, 6.07) is 29.1. The van der Waals surface area contributed by atoms with Crippen LogP contribution in [0.4, 0.5) is 5.69 Å². The summed E-state index contributed by atoms with van der Waals surface area (Å²) < 4.78 is 0. The van der Waals surface area contributed by atoms with Crippen molar-refractivity contribution in [2.24, 2.45) is 11.8 Å². The summed E-state index contributed by atoms with van der Waals surface area (Å²) in [5.41, 5.74) is 9.47. The van der Waals surface area contributed by atoms with Crippen molar-refractivity contribution in [1.29, 1.82) is 0 Å². The molecule has 10 rings (SSSR count). The summed E-state index contributed by atoms with van der Waals surface area (Å²) in [6.07, 6.45) is 4.91. The Balaban J connectivity index is 0.707. The largest absolute Gasteiger partial charge is 0.508 e. The highest BCUT2D eigenvalue weighted by Crippen LogP contribution is 2.47. The lowest BCUT2D eigenvalue weighted by Crippen LogP contribution is -2.53. The Hall–Kier alpha value is -5.48. The van der Waals surface area contributed by atoms with Crippen LogP contribution < -0.4 is 10.2 Å². The van der Waals surface area contributed by atoms with E-state index in [1.165, 1.54) is 40.8 Å². The molecular formula is C47H49N5O5. The maximum absolute atomic E-state index is 13.5. The van der Waals surface area contributed by atoms with Gasteiger partial charge in [0.15, 0.2) is 0 Å². The molecule has 1 aliphatic carbocycles. The third-order valence-electron chi connectivity index (χ3n) is 13.7. The van der Waals surface area contributed by atoms with Gasteiger partial charge >= 0.3 is 0 Å². The number of carbonyl (C=O) groups is 4. The SMILES string of the molecule is O=C1CCC(N2Cc3cc4c(cc3C2=O)C(=O)N(CC2CN(CC3CCN(c5ccc([C@@H]6c7ccc(O)cc7CC[C@@H]6c6ccccc6)cc5)CC3)C2)C4)C(=O)N1. The van der Waals surface area contributed by atoms with Crippen molar-refractivity contribution in [3.8, 4) is 5.75 Å². The number of rotatable bonds is 8. The van der Waals surface area contributed by atoms with E-state index in [0.717, 1.165) is 63.2 Å². The summed E-state index contributed by atoms with van der Waals surface area (Å²) in [7, 11) is 0. The molecule has 0 radical (unpaired) electrons. The first-order valence-corrected chi connectivity index (χ1v) is 20.8. The quantitative estimate of drug-likeness (QED) is 0.218. The van der Waals surface area contributed by atoms with Crippen LogP contribution in [0.1, 0.15) is 98.0 Å². The number of hydrogen-bond donors (Lipinski definition) is 2. The molecule has 3 atom stereocenters. The lowest BCUT2D eigenvalue weighted by molar-refractivity contribution is -0.136. The first-order chi connectivity index (χ1) is 27.8. The van der Waals surface area contributed by atoms with Crippen LogP contribution in [0.15, 0.2) is 84.9 Å². The topological polar surface area (TPSA) is 114 Å². The van der Waals surface area contributed by atoms with Gasteiger partial charge in [-0.1, -0.05) is 54.6 Å². The summed E-state index contributed by atoms with van der Waals surface area (Å²) in [6.45, 7) is 6.82. The Bertz CT molecular complexity index is 2240. The van der Waals surface area contributed by atoms with Crippen molar-refractivity contribution in [2.75, 3.05) is 44.2 Å². The van der Waals surface area contributed by atoms with E-state index in [1.54, 1.807) is 11.0 Å². The molecule has 4 aromatic carbocycles. The number of hydrogen-bond acceptors (Lipinski definition) is 7. The number of imide groups is 1. The van der Waals surface area contributed by atoms with E-state index in [0.29, 0.717) is 54.1 Å². The zero-order valence-corrected chi connectivity index (χ0v) is 32.2. The van der Waals surface area contributed by atoms with Crippen molar-refractivity contribution >= 4 is 29.3 Å². The van der Waals surface area contributed by atoms with Crippen LogP contribution in [-0.2, 0) is 29.1 Å². The number of nitrogens with zero attached hydrogens (tertiary/aromatic N) is 4. The number of aryl methyl sites for hydroxylation is 1. The number of fused-ring (bicyclic) bond motifs is 3. The Morgan fingerprint density at radius 3 is 2.19 bits per heavy atom. The predicted octanol–water partition coefficient (Wildman–Crippen LogP) is 5.82. The van der Waals surface area contributed by atoms with Gasteiger partial charge < -0.3 is 24.7 Å². The smallest absolute Gasteiger partial charge is 0.255 e. The van der Waals surface area contributed by atoms with Crippen molar-refractivity contribution in [3.05, 3.63) is 129 Å². The predicted molar refractivity (Wildman–Crippen MR) is 216 cm³/mol. The molecule has 3 fully saturated rings. The van der Waals surface area contributed by atoms with Gasteiger partial charge in [0.1, 0.15) is 11.8 Å². The highest BCUT2D eigenvalue weighted by molar-refractivity contribution is 6.07. The molecular weight excluding hydrogens is 715 g/mol. The molecule has 57 heavy (non-hydrogen) atoms. The fourth-order valence-corrected chi connectivity index (χ4v) is 10.8. The molecule has 5 heterocycles. The van der Waals surface area contributed by atoms with Crippen molar-refractivity contribution in [1.82, 2.24) is 20.0 Å². The van der Waals surface area contributed by atoms with E-state index in [-0.39, 0.29) is 30.1 Å². The van der Waals surface area contributed by atoms with Gasteiger partial charge in [0, 0.05) is 87.4 Å². The highest BCUT2D eigenvalue weighted by atomic mass is 16.3. The minimum atomic E-state index is -0.658. The molecule has 6 aliphatic rings. The van der Waals surface area contributed by atoms with Crippen LogP contribution >= 0.6 is 0 Å². The number of carbonyl (C=O) groups excluding carboxylic acids is 4. The second-order valence-electron chi connectivity index (χ2n) is 17.3. The average molecular weight is 764 g/mol. The standard InChI is InChI=1S/C47H49N5O5/c53-37-11-13-39-33(21-37)8-12-38(31-4-2-1-3-5-31)44(39)32-6-9-36(10-7-32)50-18-16-29(17-19-50)23-49-24-30(25-49)26-51-27-34-20-35-28-52(42-14-15-43(54)48-45(42)55)47(57)41(35)22-40(34)46(51)56/h1-7,9-11,13,20-22,29-30,38,42,44,53H,8,12,14-19,23-28H2,(H,48,54,55)/t38-,42?,44+/m1/s1. The number of aromatic hydroxyl groups is 1. The molecule has 4 amide bonds. The van der Waals surface area contributed by atoms with Gasteiger partial charge in [0.2, 0.25) is 11.8 Å². The molecule has 0 spiro atoms. The van der Waals surface area contributed by atoms with Crippen LogP contribution in [0, 0.1) is 11.8 Å². The van der Waals surface area contributed by atoms with Crippen LogP contribution in [0.5, 0.6) is 5.75 Å². The van der Waals surface area contributed by atoms with Gasteiger partial charge in [-0.2, -0.15) is 0 Å². The fraction of sp³-hybridized carbons (Fsp3) is 0.404. The van der Waals surface area contributed by atoms with Gasteiger partial charge in [0.25, 0.3) is 11.8 Å². The number of anilines is 1. The number of likely N-dealkylation sites (tertiary alicyclic amines) is 1. The summed E-state index contributed by atoms with van der Waals surface area (Å²) in [5.74, 6) is 1.12. The van der Waals surface area contributed by atoms with E-state index in [1.807, 2.05) is 23.1 Å². The molecule has 2 N–H and O–H groups in total.